The van der Waals surface area contributed by atoms with Crippen LogP contribution in [0.15, 0.2) is 0 Å². The molecule has 0 aromatic heterocycles. The van der Waals surface area contributed by atoms with Crippen LogP contribution in [0.5, 0.6) is 0 Å². The summed E-state index contributed by atoms with van der Waals surface area (Å²) in [4.78, 5) is 11.1. The summed E-state index contributed by atoms with van der Waals surface area (Å²) in [6.07, 6.45) is 0.189. The zero-order valence-electron chi connectivity index (χ0n) is 8.29. The third kappa shape index (κ3) is 7.74. The van der Waals surface area contributed by atoms with Gasteiger partial charge in [0.25, 0.3) is 0 Å². The van der Waals surface area contributed by atoms with E-state index in [0.717, 1.165) is 0 Å². The highest BCUT2D eigenvalue weighted by Crippen LogP contribution is 1.98. The Morgan fingerprint density at radius 2 is 2.08 bits per heavy atom. The summed E-state index contributed by atoms with van der Waals surface area (Å²) in [5, 5.41) is 20.1. The van der Waals surface area contributed by atoms with E-state index in [1.54, 1.807) is 0 Å². The maximum Gasteiger partial charge on any atom is 0.220 e. The molecule has 0 heterocycles. The summed E-state index contributed by atoms with van der Waals surface area (Å²) in [5.41, 5.74) is 0. The maximum atomic E-state index is 11.1. The molecule has 1 unspecified atom stereocenters. The first-order chi connectivity index (χ1) is 6.06. The molecule has 3 N–H and O–H groups in total. The Morgan fingerprint density at radius 3 is 2.54 bits per heavy atom. The Balaban J connectivity index is 3.37. The van der Waals surface area contributed by atoms with Crippen LogP contribution in [-0.4, -0.2) is 35.4 Å². The fraction of sp³-hybridized carbons (Fsp3) is 0.889. The number of nitrogens with one attached hydrogen (secondary N) is 1. The van der Waals surface area contributed by atoms with E-state index in [2.05, 4.69) is 5.32 Å². The van der Waals surface area contributed by atoms with Crippen LogP contribution in [0.2, 0.25) is 0 Å². The van der Waals surface area contributed by atoms with Crippen LogP contribution in [0.4, 0.5) is 0 Å². The number of hydrogen-bond donors (Lipinski definition) is 3. The van der Waals surface area contributed by atoms with E-state index in [1.807, 2.05) is 13.8 Å². The standard InChI is InChI=1S/C9H19NO3/c1-7(2)5-9(13)10-4-3-8(12)6-11/h7-8,11-12H,3-6H2,1-2H3,(H,10,13). The molecule has 0 spiro atoms. The largest absolute Gasteiger partial charge is 0.394 e. The van der Waals surface area contributed by atoms with E-state index >= 15 is 0 Å². The topological polar surface area (TPSA) is 69.6 Å². The molecule has 0 rings (SSSR count). The van der Waals surface area contributed by atoms with Crippen LogP contribution >= 0.6 is 0 Å². The van der Waals surface area contributed by atoms with Gasteiger partial charge in [-0.15, -0.1) is 0 Å². The van der Waals surface area contributed by atoms with Crippen molar-refractivity contribution in [2.45, 2.75) is 32.8 Å². The van der Waals surface area contributed by atoms with Gasteiger partial charge in [-0.2, -0.15) is 0 Å². The summed E-state index contributed by atoms with van der Waals surface area (Å²) in [6.45, 7) is 4.12. The van der Waals surface area contributed by atoms with E-state index in [0.29, 0.717) is 25.3 Å². The zero-order valence-corrected chi connectivity index (χ0v) is 8.29. The second-order valence-corrected chi connectivity index (χ2v) is 3.57. The number of carbonyl (C=O) groups excluding carboxylic acids is 1. The van der Waals surface area contributed by atoms with Crippen LogP contribution in [0, 0.1) is 5.92 Å². The molecule has 13 heavy (non-hydrogen) atoms. The maximum absolute atomic E-state index is 11.1. The van der Waals surface area contributed by atoms with Crippen molar-refractivity contribution >= 4 is 5.91 Å². The molecule has 4 heteroatoms. The minimum Gasteiger partial charge on any atom is -0.394 e. The molecule has 0 aromatic carbocycles. The second-order valence-electron chi connectivity index (χ2n) is 3.57. The van der Waals surface area contributed by atoms with Crippen molar-refractivity contribution in [2.24, 2.45) is 5.92 Å². The average molecular weight is 189 g/mol. The number of rotatable bonds is 6. The number of carbonyl (C=O) groups is 1. The normalized spacial score (nSPS) is 13.0. The predicted molar refractivity (Wildman–Crippen MR) is 50.2 cm³/mol. The van der Waals surface area contributed by atoms with Gasteiger partial charge >= 0.3 is 0 Å². The van der Waals surface area contributed by atoms with Crippen LogP contribution in [-0.2, 0) is 4.79 Å². The highest BCUT2D eigenvalue weighted by Gasteiger charge is 2.05. The molecule has 4 nitrogen and oxygen atoms in total. The number of aliphatic hydroxyl groups is 2. The van der Waals surface area contributed by atoms with Gasteiger partial charge in [0, 0.05) is 13.0 Å². The highest BCUT2D eigenvalue weighted by atomic mass is 16.3. The lowest BCUT2D eigenvalue weighted by Gasteiger charge is -2.09. The molecular weight excluding hydrogens is 170 g/mol. The predicted octanol–water partition coefficient (Wildman–Crippen LogP) is -0.108. The molecule has 0 aliphatic heterocycles. The lowest BCUT2D eigenvalue weighted by Crippen LogP contribution is -2.28. The van der Waals surface area contributed by atoms with Gasteiger partial charge in [-0.3, -0.25) is 4.79 Å². The monoisotopic (exact) mass is 189 g/mol. The Hall–Kier alpha value is -0.610. The average Bonchev–Trinajstić information content (AvgIpc) is 2.02. The van der Waals surface area contributed by atoms with E-state index in [1.165, 1.54) is 0 Å². The smallest absolute Gasteiger partial charge is 0.220 e. The molecule has 1 amide bonds. The third-order valence-corrected chi connectivity index (χ3v) is 1.60. The summed E-state index contributed by atoms with van der Waals surface area (Å²) in [5.74, 6) is 0.350. The first-order valence-electron chi connectivity index (χ1n) is 4.62. The molecule has 0 saturated heterocycles. The van der Waals surface area contributed by atoms with Crippen molar-refractivity contribution < 1.29 is 15.0 Å². The van der Waals surface area contributed by atoms with Crippen molar-refractivity contribution in [3.63, 3.8) is 0 Å². The van der Waals surface area contributed by atoms with Gasteiger partial charge in [-0.25, -0.2) is 0 Å². The van der Waals surface area contributed by atoms with Gasteiger partial charge in [0.1, 0.15) is 0 Å². The zero-order chi connectivity index (χ0) is 10.3. The summed E-state index contributed by atoms with van der Waals surface area (Å²) in [6, 6.07) is 0. The van der Waals surface area contributed by atoms with E-state index in [9.17, 15) is 4.79 Å². The minimum absolute atomic E-state index is 0.000129. The fourth-order valence-electron chi connectivity index (χ4n) is 0.912. The van der Waals surface area contributed by atoms with Gasteiger partial charge in [0.05, 0.1) is 12.7 Å². The lowest BCUT2D eigenvalue weighted by molar-refractivity contribution is -0.121. The van der Waals surface area contributed by atoms with Gasteiger partial charge < -0.3 is 15.5 Å². The van der Waals surface area contributed by atoms with Crippen LogP contribution in [0.3, 0.4) is 0 Å². The SMILES string of the molecule is CC(C)CC(=O)NCCC(O)CO. The van der Waals surface area contributed by atoms with E-state index in [-0.39, 0.29) is 12.5 Å². The Morgan fingerprint density at radius 1 is 1.46 bits per heavy atom. The highest BCUT2D eigenvalue weighted by molar-refractivity contribution is 5.75. The molecule has 0 saturated carbocycles. The Labute approximate surface area is 79.0 Å². The molecule has 78 valence electrons. The number of amides is 1. The Kier molecular flexibility index (Phi) is 6.54. The minimum atomic E-state index is -0.723. The van der Waals surface area contributed by atoms with Crippen LogP contribution in [0.1, 0.15) is 26.7 Å². The van der Waals surface area contributed by atoms with Crippen molar-refractivity contribution in [2.75, 3.05) is 13.2 Å². The van der Waals surface area contributed by atoms with Crippen molar-refractivity contribution in [3.05, 3.63) is 0 Å². The van der Waals surface area contributed by atoms with Crippen molar-refractivity contribution in [1.82, 2.24) is 5.32 Å². The van der Waals surface area contributed by atoms with Gasteiger partial charge in [-0.1, -0.05) is 13.8 Å². The first kappa shape index (κ1) is 12.4. The fourth-order valence-corrected chi connectivity index (χ4v) is 0.912. The molecular formula is C9H19NO3. The third-order valence-electron chi connectivity index (χ3n) is 1.60. The van der Waals surface area contributed by atoms with Crippen LogP contribution < -0.4 is 5.32 Å². The summed E-state index contributed by atoms with van der Waals surface area (Å²) >= 11 is 0. The molecule has 0 aliphatic rings. The molecule has 0 bridgehead atoms. The van der Waals surface area contributed by atoms with E-state index < -0.39 is 6.10 Å². The van der Waals surface area contributed by atoms with Gasteiger partial charge in [0.2, 0.25) is 5.91 Å². The van der Waals surface area contributed by atoms with Crippen molar-refractivity contribution in [3.8, 4) is 0 Å². The molecule has 0 radical (unpaired) electrons. The molecule has 0 aliphatic carbocycles. The summed E-state index contributed by atoms with van der Waals surface area (Å²) < 4.78 is 0. The number of hydrogen-bond acceptors (Lipinski definition) is 3. The first-order valence-corrected chi connectivity index (χ1v) is 4.62. The molecule has 0 aromatic rings. The second kappa shape index (κ2) is 6.86. The lowest BCUT2D eigenvalue weighted by atomic mass is 10.1. The van der Waals surface area contributed by atoms with Gasteiger partial charge in [-0.05, 0) is 12.3 Å². The summed E-state index contributed by atoms with van der Waals surface area (Å²) in [7, 11) is 0. The Bertz CT molecular complexity index is 148. The number of aliphatic hydroxyl groups excluding tert-OH is 2. The van der Waals surface area contributed by atoms with Crippen molar-refractivity contribution in [1.29, 1.82) is 0 Å². The van der Waals surface area contributed by atoms with Gasteiger partial charge in [0.15, 0.2) is 0 Å². The van der Waals surface area contributed by atoms with E-state index in [4.69, 9.17) is 10.2 Å². The molecule has 0 fully saturated rings. The quantitative estimate of drug-likeness (QED) is 0.546. The van der Waals surface area contributed by atoms with Crippen LogP contribution in [0.25, 0.3) is 0 Å². The molecule has 1 atom stereocenters.